The molecule has 6 nitrogen and oxygen atoms in total. The Morgan fingerprint density at radius 1 is 1.20 bits per heavy atom. The van der Waals surface area contributed by atoms with Crippen LogP contribution in [0, 0.1) is 0 Å². The number of ether oxygens (including phenoxy) is 1. The first kappa shape index (κ1) is 18.4. The fourth-order valence-corrected chi connectivity index (χ4v) is 2.12. The molecule has 0 heterocycles. The van der Waals surface area contributed by atoms with Gasteiger partial charge in [0.05, 0.1) is 11.8 Å². The zero-order valence-electron chi connectivity index (χ0n) is 13.7. The summed E-state index contributed by atoms with van der Waals surface area (Å²) in [5.74, 6) is -0.221. The summed E-state index contributed by atoms with van der Waals surface area (Å²) in [5.41, 5.74) is 4.79. The van der Waals surface area contributed by atoms with Crippen LogP contribution in [0.25, 0.3) is 0 Å². The Labute approximate surface area is 151 Å². The molecule has 0 atom stereocenters. The van der Waals surface area contributed by atoms with E-state index in [2.05, 4.69) is 15.8 Å². The number of nitrogens with one attached hydrogen (secondary N) is 2. The van der Waals surface area contributed by atoms with E-state index in [0.717, 1.165) is 23.4 Å². The molecule has 0 aliphatic rings. The van der Waals surface area contributed by atoms with Crippen LogP contribution in [0.1, 0.15) is 28.4 Å². The summed E-state index contributed by atoms with van der Waals surface area (Å²) in [6.07, 6.45) is 1.66. The van der Waals surface area contributed by atoms with Gasteiger partial charge in [-0.2, -0.15) is 5.10 Å². The van der Waals surface area contributed by atoms with Gasteiger partial charge in [0.1, 0.15) is 12.4 Å². The van der Waals surface area contributed by atoms with Crippen molar-refractivity contribution in [3.05, 3.63) is 65.2 Å². The van der Waals surface area contributed by atoms with Crippen molar-refractivity contribution in [1.82, 2.24) is 10.7 Å². The molecule has 0 aliphatic carbocycles. The van der Waals surface area contributed by atoms with Crippen molar-refractivity contribution in [2.45, 2.75) is 13.5 Å². The standard InChI is InChI=1S/C18H19N3O3S/c1-2-19-18(25)21-20-11-13-5-9-16(10-6-13)24-12-14-3-7-15(8-4-14)17(22)23/h3-11H,2,12H2,1H3,(H,22,23)(H2,19,21,25). The fourth-order valence-electron chi connectivity index (χ4n) is 1.93. The monoisotopic (exact) mass is 357 g/mol. The van der Waals surface area contributed by atoms with Crippen molar-refractivity contribution in [2.75, 3.05) is 6.54 Å². The molecule has 2 aromatic carbocycles. The van der Waals surface area contributed by atoms with Crippen LogP contribution >= 0.6 is 12.2 Å². The van der Waals surface area contributed by atoms with Crippen LogP contribution in [-0.2, 0) is 6.61 Å². The largest absolute Gasteiger partial charge is 0.489 e. The highest BCUT2D eigenvalue weighted by Gasteiger charge is 2.02. The Bertz CT molecular complexity index is 743. The van der Waals surface area contributed by atoms with Gasteiger partial charge in [-0.3, -0.25) is 5.43 Å². The zero-order valence-corrected chi connectivity index (χ0v) is 14.5. The van der Waals surface area contributed by atoms with Gasteiger partial charge in [0.25, 0.3) is 0 Å². The Morgan fingerprint density at radius 2 is 1.88 bits per heavy atom. The first-order valence-electron chi connectivity index (χ1n) is 7.70. The second kappa shape index (κ2) is 9.39. The smallest absolute Gasteiger partial charge is 0.335 e. The lowest BCUT2D eigenvalue weighted by Crippen LogP contribution is -2.31. The van der Waals surface area contributed by atoms with E-state index < -0.39 is 5.97 Å². The van der Waals surface area contributed by atoms with E-state index in [1.165, 1.54) is 0 Å². The van der Waals surface area contributed by atoms with Crippen LogP contribution in [0.3, 0.4) is 0 Å². The maximum Gasteiger partial charge on any atom is 0.335 e. The summed E-state index contributed by atoms with van der Waals surface area (Å²) in [6, 6.07) is 14.0. The number of thiocarbonyl (C=S) groups is 1. The van der Waals surface area contributed by atoms with Crippen LogP contribution < -0.4 is 15.5 Å². The molecule has 0 radical (unpaired) electrons. The molecule has 25 heavy (non-hydrogen) atoms. The molecule has 2 rings (SSSR count). The van der Waals surface area contributed by atoms with E-state index in [-0.39, 0.29) is 5.56 Å². The number of nitrogens with zero attached hydrogens (tertiary/aromatic N) is 1. The van der Waals surface area contributed by atoms with Gasteiger partial charge in [0, 0.05) is 6.54 Å². The molecule has 0 fully saturated rings. The average molecular weight is 357 g/mol. The molecule has 2 aromatic rings. The van der Waals surface area contributed by atoms with E-state index in [4.69, 9.17) is 22.1 Å². The Morgan fingerprint density at radius 3 is 2.48 bits per heavy atom. The molecule has 0 saturated heterocycles. The molecule has 0 aromatic heterocycles. The number of hydrogen-bond acceptors (Lipinski definition) is 4. The Kier molecular flexibility index (Phi) is 6.91. The van der Waals surface area contributed by atoms with Crippen molar-refractivity contribution in [3.8, 4) is 5.75 Å². The second-order valence-electron chi connectivity index (χ2n) is 5.09. The predicted molar refractivity (Wildman–Crippen MR) is 101 cm³/mol. The van der Waals surface area contributed by atoms with Gasteiger partial charge >= 0.3 is 5.97 Å². The van der Waals surface area contributed by atoms with Crippen molar-refractivity contribution in [1.29, 1.82) is 0 Å². The van der Waals surface area contributed by atoms with Gasteiger partial charge in [-0.1, -0.05) is 12.1 Å². The van der Waals surface area contributed by atoms with Gasteiger partial charge in [-0.15, -0.1) is 0 Å². The van der Waals surface area contributed by atoms with Crippen molar-refractivity contribution in [2.24, 2.45) is 5.10 Å². The van der Waals surface area contributed by atoms with E-state index >= 15 is 0 Å². The molecule has 7 heteroatoms. The summed E-state index contributed by atoms with van der Waals surface area (Å²) in [6.45, 7) is 3.06. The summed E-state index contributed by atoms with van der Waals surface area (Å²) in [4.78, 5) is 10.8. The van der Waals surface area contributed by atoms with Crippen molar-refractivity contribution >= 4 is 29.5 Å². The Hall–Kier alpha value is -2.93. The van der Waals surface area contributed by atoms with Gasteiger partial charge in [0.15, 0.2) is 5.11 Å². The van der Waals surface area contributed by atoms with E-state index in [1.807, 2.05) is 31.2 Å². The zero-order chi connectivity index (χ0) is 18.1. The summed E-state index contributed by atoms with van der Waals surface area (Å²) in [5, 5.41) is 16.3. The predicted octanol–water partition coefficient (Wildman–Crippen LogP) is 2.78. The first-order chi connectivity index (χ1) is 12.1. The number of rotatable bonds is 7. The maximum atomic E-state index is 10.8. The van der Waals surface area contributed by atoms with Gasteiger partial charge in [0.2, 0.25) is 0 Å². The lowest BCUT2D eigenvalue weighted by molar-refractivity contribution is 0.0697. The first-order valence-corrected chi connectivity index (χ1v) is 8.11. The minimum Gasteiger partial charge on any atom is -0.489 e. The lowest BCUT2D eigenvalue weighted by Gasteiger charge is -2.07. The number of carboxylic acid groups (broad SMARTS) is 1. The number of hydrazone groups is 1. The van der Waals surface area contributed by atoms with E-state index in [9.17, 15) is 4.79 Å². The highest BCUT2D eigenvalue weighted by Crippen LogP contribution is 2.14. The topological polar surface area (TPSA) is 83.0 Å². The summed E-state index contributed by atoms with van der Waals surface area (Å²) in [7, 11) is 0. The third-order valence-electron chi connectivity index (χ3n) is 3.20. The highest BCUT2D eigenvalue weighted by atomic mass is 32.1. The number of carboxylic acids is 1. The third kappa shape index (κ3) is 6.23. The molecule has 0 saturated carbocycles. The molecule has 0 unspecified atom stereocenters. The molecule has 0 aliphatic heterocycles. The van der Waals surface area contributed by atoms with Gasteiger partial charge in [-0.05, 0) is 66.7 Å². The van der Waals surface area contributed by atoms with Crippen LogP contribution in [0.5, 0.6) is 5.75 Å². The van der Waals surface area contributed by atoms with Crippen molar-refractivity contribution < 1.29 is 14.6 Å². The van der Waals surface area contributed by atoms with Gasteiger partial charge < -0.3 is 15.2 Å². The number of benzene rings is 2. The van der Waals surface area contributed by atoms with Crippen LogP contribution in [0.4, 0.5) is 0 Å². The summed E-state index contributed by atoms with van der Waals surface area (Å²) < 4.78 is 5.68. The SMILES string of the molecule is CCNC(=S)NN=Cc1ccc(OCc2ccc(C(=O)O)cc2)cc1. The van der Waals surface area contributed by atoms with E-state index in [1.54, 1.807) is 30.5 Å². The van der Waals surface area contributed by atoms with Gasteiger partial charge in [-0.25, -0.2) is 4.79 Å². The minimum atomic E-state index is -0.939. The second-order valence-corrected chi connectivity index (χ2v) is 5.50. The lowest BCUT2D eigenvalue weighted by atomic mass is 10.1. The normalized spacial score (nSPS) is 10.4. The fraction of sp³-hybridized carbons (Fsp3) is 0.167. The molecule has 0 bridgehead atoms. The molecule has 130 valence electrons. The summed E-state index contributed by atoms with van der Waals surface area (Å²) >= 11 is 5.00. The van der Waals surface area contributed by atoms with Crippen molar-refractivity contribution in [3.63, 3.8) is 0 Å². The average Bonchev–Trinajstić information content (AvgIpc) is 2.61. The Balaban J connectivity index is 1.84. The molecular weight excluding hydrogens is 338 g/mol. The molecule has 0 spiro atoms. The van der Waals surface area contributed by atoms with E-state index in [0.29, 0.717) is 11.7 Å². The molecule has 0 amide bonds. The van der Waals surface area contributed by atoms with Crippen LogP contribution in [0.15, 0.2) is 53.6 Å². The number of aromatic carboxylic acids is 1. The minimum absolute atomic E-state index is 0.259. The quantitative estimate of drug-likeness (QED) is 0.402. The highest BCUT2D eigenvalue weighted by molar-refractivity contribution is 7.80. The number of hydrogen-bond donors (Lipinski definition) is 3. The van der Waals surface area contributed by atoms with Crippen LogP contribution in [-0.4, -0.2) is 28.9 Å². The maximum absolute atomic E-state index is 10.8. The molecule has 3 N–H and O–H groups in total. The van der Waals surface area contributed by atoms with Crippen LogP contribution in [0.2, 0.25) is 0 Å². The third-order valence-corrected chi connectivity index (χ3v) is 3.44. The number of carbonyl (C=O) groups is 1. The molecular formula is C18H19N3O3S.